The van der Waals surface area contributed by atoms with E-state index in [9.17, 15) is 9.36 Å². The first kappa shape index (κ1) is 13.7. The summed E-state index contributed by atoms with van der Waals surface area (Å²) in [6.45, 7) is -1.88. The van der Waals surface area contributed by atoms with Gasteiger partial charge >= 0.3 is 7.82 Å². The van der Waals surface area contributed by atoms with Gasteiger partial charge in [0.2, 0.25) is 0 Å². The largest absolute Gasteiger partial charge is 0.469 e. The Morgan fingerprint density at radius 3 is 2.21 bits per heavy atom. The molecular weight excluding hydrogens is 219 g/mol. The van der Waals surface area contributed by atoms with Crippen molar-refractivity contribution in [1.82, 2.24) is 0 Å². The van der Waals surface area contributed by atoms with Gasteiger partial charge in [0.25, 0.3) is 0 Å². The molecule has 0 heterocycles. The van der Waals surface area contributed by atoms with E-state index < -0.39 is 39.0 Å². The van der Waals surface area contributed by atoms with Crippen molar-refractivity contribution >= 4 is 13.6 Å². The van der Waals surface area contributed by atoms with E-state index in [-0.39, 0.29) is 0 Å². The molecule has 14 heavy (non-hydrogen) atoms. The molecular formula is C5H11O8P. The number of rotatable bonds is 6. The Hall–Kier alpha value is -0.340. The Balaban J connectivity index is 4.02. The molecule has 0 aliphatic rings. The van der Waals surface area contributed by atoms with Gasteiger partial charge in [-0.1, -0.05) is 0 Å². The highest BCUT2D eigenvalue weighted by Gasteiger charge is 2.26. The van der Waals surface area contributed by atoms with E-state index in [1.165, 1.54) is 0 Å². The summed E-state index contributed by atoms with van der Waals surface area (Å²) in [6.07, 6.45) is -3.71. The highest BCUT2D eigenvalue weighted by molar-refractivity contribution is 7.46. The number of hydrogen-bond acceptors (Lipinski definition) is 6. The molecule has 0 aromatic heterocycles. The smallest absolute Gasteiger partial charge is 0.388 e. The number of phosphoric acid groups is 1. The Morgan fingerprint density at radius 1 is 1.36 bits per heavy atom. The predicted molar refractivity (Wildman–Crippen MR) is 42.1 cm³/mol. The molecule has 0 radical (unpaired) electrons. The lowest BCUT2D eigenvalue weighted by molar-refractivity contribution is -0.137. The van der Waals surface area contributed by atoms with Gasteiger partial charge in [-0.2, -0.15) is 0 Å². The van der Waals surface area contributed by atoms with E-state index in [0.29, 0.717) is 0 Å². The third-order valence-corrected chi connectivity index (χ3v) is 1.75. The van der Waals surface area contributed by atoms with Crippen LogP contribution in [0.1, 0.15) is 0 Å². The number of phosphoric ester groups is 1. The van der Waals surface area contributed by atoms with Gasteiger partial charge in [-0.05, 0) is 0 Å². The van der Waals surface area contributed by atoms with E-state index in [0.717, 1.165) is 0 Å². The van der Waals surface area contributed by atoms with Crippen molar-refractivity contribution in [2.75, 3.05) is 13.2 Å². The van der Waals surface area contributed by atoms with Crippen LogP contribution >= 0.6 is 7.82 Å². The minimum atomic E-state index is -4.74. The first-order valence-corrected chi connectivity index (χ1v) is 5.00. The minimum absolute atomic E-state index is 0.906. The zero-order chi connectivity index (χ0) is 11.4. The molecule has 0 aromatic rings. The third kappa shape index (κ3) is 5.40. The maximum Gasteiger partial charge on any atom is 0.469 e. The van der Waals surface area contributed by atoms with Crippen LogP contribution < -0.4 is 0 Å². The summed E-state index contributed by atoms with van der Waals surface area (Å²) in [4.78, 5) is 27.0. The number of aliphatic hydroxyl groups excluding tert-OH is 3. The van der Waals surface area contributed by atoms with Crippen molar-refractivity contribution in [3.8, 4) is 0 Å². The van der Waals surface area contributed by atoms with E-state index in [1.54, 1.807) is 0 Å². The number of ketones is 1. The SMILES string of the molecule is O=C(CO)[C@@H](O)[C@H](O)COP(=O)(O)O. The number of carbonyl (C=O) groups excluding carboxylic acids is 1. The van der Waals surface area contributed by atoms with Gasteiger partial charge in [0, 0.05) is 0 Å². The molecule has 0 unspecified atom stereocenters. The highest BCUT2D eigenvalue weighted by Crippen LogP contribution is 2.35. The van der Waals surface area contributed by atoms with Crippen molar-refractivity contribution in [2.24, 2.45) is 0 Å². The van der Waals surface area contributed by atoms with Crippen LogP contribution in [-0.2, 0) is 13.9 Å². The fourth-order valence-corrected chi connectivity index (χ4v) is 0.920. The molecule has 0 saturated carbocycles. The monoisotopic (exact) mass is 230 g/mol. The molecule has 2 atom stereocenters. The molecule has 0 amide bonds. The molecule has 0 aliphatic carbocycles. The minimum Gasteiger partial charge on any atom is -0.388 e. The molecule has 0 spiro atoms. The predicted octanol–water partition coefficient (Wildman–Crippen LogP) is -2.62. The van der Waals surface area contributed by atoms with E-state index in [4.69, 9.17) is 25.1 Å². The second kappa shape index (κ2) is 5.52. The highest BCUT2D eigenvalue weighted by atomic mass is 31.2. The molecule has 0 bridgehead atoms. The van der Waals surface area contributed by atoms with Crippen LogP contribution in [0.2, 0.25) is 0 Å². The van der Waals surface area contributed by atoms with Crippen molar-refractivity contribution in [1.29, 1.82) is 0 Å². The van der Waals surface area contributed by atoms with E-state index in [2.05, 4.69) is 4.52 Å². The summed E-state index contributed by atoms with van der Waals surface area (Å²) in [5.74, 6) is -1.06. The van der Waals surface area contributed by atoms with E-state index in [1.807, 2.05) is 0 Å². The van der Waals surface area contributed by atoms with Crippen LogP contribution in [0.15, 0.2) is 0 Å². The maximum atomic E-state index is 10.6. The first-order valence-electron chi connectivity index (χ1n) is 3.47. The Morgan fingerprint density at radius 2 is 1.86 bits per heavy atom. The Bertz CT molecular complexity index is 234. The number of hydrogen-bond donors (Lipinski definition) is 5. The van der Waals surface area contributed by atoms with Crippen LogP contribution in [0.4, 0.5) is 0 Å². The van der Waals surface area contributed by atoms with Crippen LogP contribution in [0, 0.1) is 0 Å². The average Bonchev–Trinajstić information content (AvgIpc) is 2.10. The third-order valence-electron chi connectivity index (χ3n) is 1.26. The van der Waals surface area contributed by atoms with Crippen LogP contribution in [0.3, 0.4) is 0 Å². The van der Waals surface area contributed by atoms with Gasteiger partial charge in [0.1, 0.15) is 18.8 Å². The summed E-state index contributed by atoms with van der Waals surface area (Å²) in [7, 11) is -4.74. The molecule has 5 N–H and O–H groups in total. The normalized spacial score (nSPS) is 16.4. The van der Waals surface area contributed by atoms with Crippen LogP contribution in [0.25, 0.3) is 0 Å². The summed E-state index contributed by atoms with van der Waals surface area (Å²) in [5.41, 5.74) is 0. The zero-order valence-electron chi connectivity index (χ0n) is 6.98. The lowest BCUT2D eigenvalue weighted by Crippen LogP contribution is -2.38. The fraction of sp³-hybridized carbons (Fsp3) is 0.800. The molecule has 9 heteroatoms. The topological polar surface area (TPSA) is 145 Å². The van der Waals surface area contributed by atoms with Crippen molar-refractivity contribution in [3.63, 3.8) is 0 Å². The quantitative estimate of drug-likeness (QED) is 0.312. The van der Waals surface area contributed by atoms with Gasteiger partial charge in [-0.3, -0.25) is 9.32 Å². The fourth-order valence-electron chi connectivity index (χ4n) is 0.573. The number of carbonyl (C=O) groups is 1. The van der Waals surface area contributed by atoms with Gasteiger partial charge in [0.15, 0.2) is 5.78 Å². The Labute approximate surface area is 79.0 Å². The molecule has 0 aliphatic heterocycles. The number of Topliss-reactive ketones (excluding diaryl/α,β-unsaturated/α-hetero) is 1. The lowest BCUT2D eigenvalue weighted by Gasteiger charge is -2.15. The molecule has 0 fully saturated rings. The first-order chi connectivity index (χ1) is 6.28. The molecule has 0 rings (SSSR count). The lowest BCUT2D eigenvalue weighted by atomic mass is 10.1. The van der Waals surface area contributed by atoms with Crippen molar-refractivity contribution < 1.29 is 39.0 Å². The van der Waals surface area contributed by atoms with Crippen LogP contribution in [0.5, 0.6) is 0 Å². The summed E-state index contributed by atoms with van der Waals surface area (Å²) in [5, 5.41) is 26.1. The van der Waals surface area contributed by atoms with Gasteiger partial charge in [-0.25, -0.2) is 4.57 Å². The maximum absolute atomic E-state index is 10.6. The standard InChI is InChI=1S/C5H11O8P/c6-1-3(7)5(9)4(8)2-13-14(10,11)12/h4-6,8-9H,1-2H2,(H2,10,11,12)/t4-,5-/m1/s1. The zero-order valence-corrected chi connectivity index (χ0v) is 7.87. The summed E-state index contributed by atoms with van der Waals surface area (Å²) in [6, 6.07) is 0. The summed E-state index contributed by atoms with van der Waals surface area (Å²) < 4.78 is 14.0. The van der Waals surface area contributed by atoms with Gasteiger partial charge in [-0.15, -0.1) is 0 Å². The molecule has 8 nitrogen and oxygen atoms in total. The molecule has 0 aromatic carbocycles. The van der Waals surface area contributed by atoms with Crippen molar-refractivity contribution in [3.05, 3.63) is 0 Å². The van der Waals surface area contributed by atoms with Crippen LogP contribution in [-0.4, -0.2) is 56.3 Å². The molecule has 0 saturated heterocycles. The second-order valence-electron chi connectivity index (χ2n) is 2.42. The van der Waals surface area contributed by atoms with Gasteiger partial charge < -0.3 is 25.1 Å². The van der Waals surface area contributed by atoms with E-state index >= 15 is 0 Å². The summed E-state index contributed by atoms with van der Waals surface area (Å²) >= 11 is 0. The number of aliphatic hydroxyl groups is 3. The average molecular weight is 230 g/mol. The van der Waals surface area contributed by atoms with Crippen molar-refractivity contribution in [2.45, 2.75) is 12.2 Å². The molecule has 84 valence electrons. The Kier molecular flexibility index (Phi) is 5.38. The van der Waals surface area contributed by atoms with Gasteiger partial charge in [0.05, 0.1) is 6.61 Å². The second-order valence-corrected chi connectivity index (χ2v) is 3.66.